The number of hydrogen-bond acceptors (Lipinski definition) is 4. The number of nitrogens with zero attached hydrogens (tertiary/aromatic N) is 4. The maximum Gasteiger partial charge on any atom is 0.152 e. The van der Waals surface area contributed by atoms with Crippen molar-refractivity contribution in [2.75, 3.05) is 18.0 Å². The summed E-state index contributed by atoms with van der Waals surface area (Å²) in [6, 6.07) is 3.84. The number of hydrogen-bond donors (Lipinski definition) is 0. The minimum absolute atomic E-state index is 0.365. The van der Waals surface area contributed by atoms with E-state index < -0.39 is 0 Å². The Bertz CT molecular complexity index is 383. The lowest BCUT2D eigenvalue weighted by atomic mass is 9.84. The zero-order valence-electron chi connectivity index (χ0n) is 8.36. The highest BCUT2D eigenvalue weighted by Crippen LogP contribution is 2.31. The molecule has 1 saturated heterocycles. The van der Waals surface area contributed by atoms with Gasteiger partial charge in [-0.3, -0.25) is 0 Å². The Morgan fingerprint density at radius 3 is 2.79 bits per heavy atom. The van der Waals surface area contributed by atoms with E-state index in [0.29, 0.717) is 11.0 Å². The Kier molecular flexibility index (Phi) is 1.88. The van der Waals surface area contributed by atoms with Crippen LogP contribution >= 0.6 is 0 Å². The molecule has 72 valence electrons. The van der Waals surface area contributed by atoms with Crippen molar-refractivity contribution in [3.63, 3.8) is 0 Å². The molecule has 0 radical (unpaired) electrons. The van der Waals surface area contributed by atoms with Crippen LogP contribution in [0.5, 0.6) is 0 Å². The Morgan fingerprint density at radius 2 is 2.21 bits per heavy atom. The van der Waals surface area contributed by atoms with E-state index in [2.05, 4.69) is 35.0 Å². The average molecular weight is 188 g/mol. The Hall–Kier alpha value is -1.63. The van der Waals surface area contributed by atoms with Crippen molar-refractivity contribution >= 4 is 5.82 Å². The normalized spacial score (nSPS) is 18.5. The van der Waals surface area contributed by atoms with Gasteiger partial charge in [-0.15, -0.1) is 5.10 Å². The van der Waals surface area contributed by atoms with Crippen molar-refractivity contribution in [2.24, 2.45) is 5.41 Å². The van der Waals surface area contributed by atoms with Gasteiger partial charge >= 0.3 is 0 Å². The van der Waals surface area contributed by atoms with Crippen LogP contribution in [0.3, 0.4) is 0 Å². The van der Waals surface area contributed by atoms with Crippen LogP contribution < -0.4 is 4.90 Å². The van der Waals surface area contributed by atoms with Gasteiger partial charge in [-0.1, -0.05) is 13.8 Å². The van der Waals surface area contributed by atoms with Crippen molar-refractivity contribution in [1.29, 1.82) is 5.26 Å². The summed E-state index contributed by atoms with van der Waals surface area (Å²) in [5.41, 5.74) is 0.935. The number of rotatable bonds is 1. The Balaban J connectivity index is 2.16. The molecule has 1 aliphatic heterocycles. The lowest BCUT2D eigenvalue weighted by Crippen LogP contribution is -2.53. The first-order chi connectivity index (χ1) is 6.61. The summed E-state index contributed by atoms with van der Waals surface area (Å²) >= 11 is 0. The highest BCUT2D eigenvalue weighted by Gasteiger charge is 2.35. The summed E-state index contributed by atoms with van der Waals surface area (Å²) in [4.78, 5) is 2.13. The maximum atomic E-state index is 8.70. The molecule has 0 spiro atoms. The fourth-order valence-corrected chi connectivity index (χ4v) is 1.72. The molecular weight excluding hydrogens is 176 g/mol. The highest BCUT2D eigenvalue weighted by atomic mass is 15.3. The fourth-order valence-electron chi connectivity index (χ4n) is 1.72. The lowest BCUT2D eigenvalue weighted by Gasteiger charge is -2.46. The standard InChI is InChI=1S/C10H12N4/c1-10(2)6-14(7-10)9-3-8(4-11)5-12-13-9/h3,5H,6-7H2,1-2H3. The van der Waals surface area contributed by atoms with Crippen LogP contribution in [0.15, 0.2) is 12.3 Å². The van der Waals surface area contributed by atoms with Gasteiger partial charge < -0.3 is 4.90 Å². The molecule has 0 atom stereocenters. The summed E-state index contributed by atoms with van der Waals surface area (Å²) in [5, 5.41) is 16.5. The van der Waals surface area contributed by atoms with E-state index in [4.69, 9.17) is 5.26 Å². The van der Waals surface area contributed by atoms with Gasteiger partial charge in [-0.2, -0.15) is 10.4 Å². The van der Waals surface area contributed by atoms with E-state index in [1.54, 1.807) is 6.07 Å². The largest absolute Gasteiger partial charge is 0.354 e. The zero-order chi connectivity index (χ0) is 10.2. The third kappa shape index (κ3) is 1.53. The molecule has 14 heavy (non-hydrogen) atoms. The number of nitriles is 1. The summed E-state index contributed by atoms with van der Waals surface area (Å²) in [6.45, 7) is 6.39. The minimum atomic E-state index is 0.365. The van der Waals surface area contributed by atoms with Crippen molar-refractivity contribution in [2.45, 2.75) is 13.8 Å². The van der Waals surface area contributed by atoms with Crippen LogP contribution in [0.2, 0.25) is 0 Å². The van der Waals surface area contributed by atoms with Crippen LogP contribution in [0.1, 0.15) is 19.4 Å². The van der Waals surface area contributed by atoms with E-state index >= 15 is 0 Å². The molecule has 0 unspecified atom stereocenters. The van der Waals surface area contributed by atoms with Crippen LogP contribution in [0, 0.1) is 16.7 Å². The van der Waals surface area contributed by atoms with Gasteiger partial charge in [0.15, 0.2) is 5.82 Å². The maximum absolute atomic E-state index is 8.70. The first kappa shape index (κ1) is 8.95. The van der Waals surface area contributed by atoms with Crippen LogP contribution in [-0.4, -0.2) is 23.3 Å². The molecule has 1 fully saturated rings. The predicted molar refractivity (Wildman–Crippen MR) is 52.7 cm³/mol. The topological polar surface area (TPSA) is 52.8 Å². The van der Waals surface area contributed by atoms with Gasteiger partial charge in [0.1, 0.15) is 6.07 Å². The third-order valence-corrected chi connectivity index (χ3v) is 2.33. The van der Waals surface area contributed by atoms with Gasteiger partial charge in [-0.05, 0) is 5.41 Å². The van der Waals surface area contributed by atoms with Gasteiger partial charge in [0.05, 0.1) is 11.8 Å². The first-order valence-electron chi connectivity index (χ1n) is 4.58. The zero-order valence-corrected chi connectivity index (χ0v) is 8.36. The lowest BCUT2D eigenvalue weighted by molar-refractivity contribution is 0.274. The molecule has 0 aliphatic carbocycles. The van der Waals surface area contributed by atoms with E-state index in [-0.39, 0.29) is 0 Å². The van der Waals surface area contributed by atoms with Gasteiger partial charge in [0.2, 0.25) is 0 Å². The monoisotopic (exact) mass is 188 g/mol. The molecule has 0 amide bonds. The summed E-state index contributed by atoms with van der Waals surface area (Å²) < 4.78 is 0. The quantitative estimate of drug-likeness (QED) is 0.664. The molecule has 2 rings (SSSR count). The van der Waals surface area contributed by atoms with Crippen molar-refractivity contribution in [3.8, 4) is 6.07 Å². The number of aromatic nitrogens is 2. The molecule has 1 aromatic rings. The minimum Gasteiger partial charge on any atom is -0.354 e. The van der Waals surface area contributed by atoms with Gasteiger partial charge in [0, 0.05) is 19.2 Å². The van der Waals surface area contributed by atoms with Crippen LogP contribution in [0.4, 0.5) is 5.82 Å². The second-order valence-electron chi connectivity index (χ2n) is 4.43. The fraction of sp³-hybridized carbons (Fsp3) is 0.500. The molecule has 1 aliphatic rings. The van der Waals surface area contributed by atoms with Crippen LogP contribution in [0.25, 0.3) is 0 Å². The van der Waals surface area contributed by atoms with E-state index in [0.717, 1.165) is 18.9 Å². The molecular formula is C10H12N4. The molecule has 2 heterocycles. The molecule has 4 nitrogen and oxygen atoms in total. The van der Waals surface area contributed by atoms with Crippen molar-refractivity contribution in [3.05, 3.63) is 17.8 Å². The molecule has 4 heteroatoms. The summed E-state index contributed by atoms with van der Waals surface area (Å²) in [6.07, 6.45) is 1.48. The van der Waals surface area contributed by atoms with E-state index in [1.807, 2.05) is 0 Å². The molecule has 0 bridgehead atoms. The summed E-state index contributed by atoms with van der Waals surface area (Å²) in [5.74, 6) is 0.809. The smallest absolute Gasteiger partial charge is 0.152 e. The highest BCUT2D eigenvalue weighted by molar-refractivity contribution is 5.46. The number of anilines is 1. The average Bonchev–Trinajstić information content (AvgIpc) is 2.14. The SMILES string of the molecule is CC1(C)CN(c2cc(C#N)cnn2)C1. The molecule has 1 aromatic heterocycles. The Morgan fingerprint density at radius 1 is 1.50 bits per heavy atom. The van der Waals surface area contributed by atoms with Crippen molar-refractivity contribution in [1.82, 2.24) is 10.2 Å². The molecule has 0 saturated carbocycles. The van der Waals surface area contributed by atoms with E-state index in [1.165, 1.54) is 6.20 Å². The first-order valence-corrected chi connectivity index (χ1v) is 4.58. The van der Waals surface area contributed by atoms with E-state index in [9.17, 15) is 0 Å². The van der Waals surface area contributed by atoms with Gasteiger partial charge in [-0.25, -0.2) is 0 Å². The van der Waals surface area contributed by atoms with Crippen molar-refractivity contribution < 1.29 is 0 Å². The second kappa shape index (κ2) is 2.95. The summed E-state index contributed by atoms with van der Waals surface area (Å²) in [7, 11) is 0. The molecule has 0 N–H and O–H groups in total. The van der Waals surface area contributed by atoms with Gasteiger partial charge in [0.25, 0.3) is 0 Å². The predicted octanol–water partition coefficient (Wildman–Crippen LogP) is 1.19. The third-order valence-electron chi connectivity index (χ3n) is 2.33. The van der Waals surface area contributed by atoms with Crippen LogP contribution in [-0.2, 0) is 0 Å². The Labute approximate surface area is 83.2 Å². The second-order valence-corrected chi connectivity index (χ2v) is 4.43. The molecule has 0 aromatic carbocycles.